The number of anilines is 1. The van der Waals surface area contributed by atoms with Crippen LogP contribution < -0.4 is 4.90 Å². The maximum absolute atomic E-state index is 14.0. The molecule has 0 aliphatic carbocycles. The van der Waals surface area contributed by atoms with Crippen molar-refractivity contribution in [2.24, 2.45) is 7.05 Å². The van der Waals surface area contributed by atoms with Crippen molar-refractivity contribution in [1.82, 2.24) is 4.57 Å². The van der Waals surface area contributed by atoms with Crippen LogP contribution >= 0.6 is 0 Å². The number of hydrogen-bond donors (Lipinski definition) is 0. The summed E-state index contributed by atoms with van der Waals surface area (Å²) in [5, 5.41) is 1.16. The second-order valence-electron chi connectivity index (χ2n) is 7.62. The third-order valence-electron chi connectivity index (χ3n) is 6.13. The number of fused-ring (bicyclic) bond motifs is 2. The zero-order chi connectivity index (χ0) is 19.5. The smallest absolute Gasteiger partial charge is 0.246 e. The zero-order valence-electron chi connectivity index (χ0n) is 16.3. The number of aromatic nitrogens is 1. The summed E-state index contributed by atoms with van der Waals surface area (Å²) in [6.45, 7) is 2.12. The van der Waals surface area contributed by atoms with Crippen LogP contribution in [0, 0.1) is 6.92 Å². The highest BCUT2D eigenvalue weighted by Gasteiger charge is 2.53. The van der Waals surface area contributed by atoms with Crippen molar-refractivity contribution in [3.05, 3.63) is 101 Å². The summed E-state index contributed by atoms with van der Waals surface area (Å²) in [5.41, 5.74) is 5.56. The molecule has 0 radical (unpaired) electrons. The number of carbonyl (C=O) groups excluding carboxylic acids is 1. The van der Waals surface area contributed by atoms with Crippen molar-refractivity contribution in [3.63, 3.8) is 0 Å². The van der Waals surface area contributed by atoms with Crippen LogP contribution in [-0.4, -0.2) is 17.5 Å². The Bertz CT molecular complexity index is 1220. The second-order valence-corrected chi connectivity index (χ2v) is 7.62. The number of carbonyl (C=O) groups is 1. The van der Waals surface area contributed by atoms with Crippen LogP contribution in [-0.2, 0) is 17.3 Å². The Morgan fingerprint density at radius 2 is 1.50 bits per heavy atom. The fourth-order valence-corrected chi connectivity index (χ4v) is 4.85. The van der Waals surface area contributed by atoms with Crippen LogP contribution in [0.3, 0.4) is 0 Å². The summed E-state index contributed by atoms with van der Waals surface area (Å²) in [5.74, 6) is 0.0932. The highest BCUT2D eigenvalue weighted by molar-refractivity contribution is 6.14. The van der Waals surface area contributed by atoms with E-state index in [1.54, 1.807) is 4.90 Å². The molecule has 0 fully saturated rings. The van der Waals surface area contributed by atoms with Crippen LogP contribution in [0.15, 0.2) is 79.0 Å². The van der Waals surface area contributed by atoms with E-state index in [9.17, 15) is 4.79 Å². The molecule has 1 aliphatic heterocycles. The molecule has 0 spiro atoms. The molecule has 1 atom stereocenters. The molecule has 2 heterocycles. The number of likely N-dealkylation sites (N-methyl/N-ethyl adjacent to an activating group) is 1. The van der Waals surface area contributed by atoms with Gasteiger partial charge in [0.1, 0.15) is 5.41 Å². The normalized spacial score (nSPS) is 18.7. The van der Waals surface area contributed by atoms with Gasteiger partial charge in [0, 0.05) is 48.0 Å². The summed E-state index contributed by atoms with van der Waals surface area (Å²) in [6, 6.07) is 24.7. The average Bonchev–Trinajstić information content (AvgIpc) is 3.17. The van der Waals surface area contributed by atoms with E-state index in [2.05, 4.69) is 61.1 Å². The first-order chi connectivity index (χ1) is 13.6. The lowest BCUT2D eigenvalue weighted by atomic mass is 9.70. The van der Waals surface area contributed by atoms with Crippen molar-refractivity contribution in [1.29, 1.82) is 0 Å². The molecule has 1 unspecified atom stereocenters. The molecular formula is C25H22N2O. The van der Waals surface area contributed by atoms with Crippen LogP contribution in [0.25, 0.3) is 10.9 Å². The van der Waals surface area contributed by atoms with Crippen molar-refractivity contribution in [2.75, 3.05) is 11.9 Å². The Kier molecular flexibility index (Phi) is 3.50. The van der Waals surface area contributed by atoms with Gasteiger partial charge >= 0.3 is 0 Å². The van der Waals surface area contributed by atoms with Crippen LogP contribution in [0.5, 0.6) is 0 Å². The van der Waals surface area contributed by atoms with Gasteiger partial charge in [0.05, 0.1) is 0 Å². The van der Waals surface area contributed by atoms with E-state index in [0.717, 1.165) is 33.3 Å². The van der Waals surface area contributed by atoms with Crippen LogP contribution in [0.4, 0.5) is 5.69 Å². The molecule has 3 aromatic carbocycles. The molecule has 5 rings (SSSR count). The third kappa shape index (κ3) is 1.96. The lowest BCUT2D eigenvalue weighted by molar-refractivity contribution is -0.120. The summed E-state index contributed by atoms with van der Waals surface area (Å²) in [4.78, 5) is 15.8. The molecule has 3 heteroatoms. The number of hydrogen-bond acceptors (Lipinski definition) is 1. The summed E-state index contributed by atoms with van der Waals surface area (Å²) in [6.07, 6.45) is 2.14. The molecule has 0 saturated carbocycles. The molecule has 0 saturated heterocycles. The number of rotatable bonds is 2. The Hall–Kier alpha value is -3.33. The van der Waals surface area contributed by atoms with Gasteiger partial charge in [-0.15, -0.1) is 0 Å². The number of para-hydroxylation sites is 1. The van der Waals surface area contributed by atoms with E-state index in [4.69, 9.17) is 0 Å². The van der Waals surface area contributed by atoms with Crippen molar-refractivity contribution in [3.8, 4) is 0 Å². The van der Waals surface area contributed by atoms with Gasteiger partial charge in [-0.1, -0.05) is 60.7 Å². The van der Waals surface area contributed by atoms with Gasteiger partial charge in [-0.05, 0) is 30.2 Å². The fourth-order valence-electron chi connectivity index (χ4n) is 4.85. The molecule has 0 bridgehead atoms. The van der Waals surface area contributed by atoms with Gasteiger partial charge < -0.3 is 9.47 Å². The van der Waals surface area contributed by atoms with Crippen molar-refractivity contribution < 1.29 is 4.79 Å². The molecule has 4 aromatic rings. The molecule has 138 valence electrons. The molecule has 1 aromatic heterocycles. The van der Waals surface area contributed by atoms with Gasteiger partial charge in [0.25, 0.3) is 0 Å². The number of nitrogens with zero attached hydrogens (tertiary/aromatic N) is 2. The Morgan fingerprint density at radius 1 is 0.786 bits per heavy atom. The monoisotopic (exact) mass is 366 g/mol. The van der Waals surface area contributed by atoms with Crippen molar-refractivity contribution in [2.45, 2.75) is 12.3 Å². The second kappa shape index (κ2) is 5.83. The minimum absolute atomic E-state index is 0.0932. The highest BCUT2D eigenvalue weighted by atomic mass is 16.2. The van der Waals surface area contributed by atoms with E-state index in [0.29, 0.717) is 0 Å². The molecule has 3 nitrogen and oxygen atoms in total. The molecular weight excluding hydrogens is 344 g/mol. The van der Waals surface area contributed by atoms with E-state index in [1.165, 1.54) is 5.56 Å². The Morgan fingerprint density at radius 3 is 2.29 bits per heavy atom. The average molecular weight is 366 g/mol. The van der Waals surface area contributed by atoms with Gasteiger partial charge in [-0.25, -0.2) is 0 Å². The highest BCUT2D eigenvalue weighted by Crippen LogP contribution is 2.52. The molecule has 0 N–H and O–H groups in total. The number of benzene rings is 3. The molecule has 1 aliphatic rings. The largest absolute Gasteiger partial charge is 0.350 e. The van der Waals surface area contributed by atoms with E-state index < -0.39 is 5.41 Å². The SMILES string of the molecule is Cc1cccc2c1c(C1(c3ccccc3)C(=O)N(C)c3ccccc31)cn2C. The van der Waals surface area contributed by atoms with Crippen LogP contribution in [0.2, 0.25) is 0 Å². The first-order valence-electron chi connectivity index (χ1n) is 9.55. The molecule has 28 heavy (non-hydrogen) atoms. The van der Waals surface area contributed by atoms with Crippen molar-refractivity contribution >= 4 is 22.5 Å². The van der Waals surface area contributed by atoms with E-state index >= 15 is 0 Å². The predicted molar refractivity (Wildman–Crippen MR) is 114 cm³/mol. The maximum atomic E-state index is 14.0. The summed E-state index contributed by atoms with van der Waals surface area (Å²) < 4.78 is 2.14. The predicted octanol–water partition coefficient (Wildman–Crippen LogP) is 4.80. The third-order valence-corrected chi connectivity index (χ3v) is 6.13. The topological polar surface area (TPSA) is 25.2 Å². The maximum Gasteiger partial charge on any atom is 0.246 e. The lowest BCUT2D eigenvalue weighted by Gasteiger charge is -2.29. The summed E-state index contributed by atoms with van der Waals surface area (Å²) in [7, 11) is 3.93. The molecule has 1 amide bonds. The van der Waals surface area contributed by atoms with Gasteiger partial charge in [0.2, 0.25) is 5.91 Å². The first-order valence-corrected chi connectivity index (χ1v) is 9.55. The number of aryl methyl sites for hydroxylation is 2. The standard InChI is InChI=1S/C25H22N2O/c1-17-10-9-15-22-23(17)20(16-26(22)2)25(18-11-5-4-6-12-18)19-13-7-8-14-21(19)27(3)24(25)28/h4-16H,1-3H3. The van der Waals surface area contributed by atoms with Gasteiger partial charge in [-0.3, -0.25) is 4.79 Å². The fraction of sp³-hybridized carbons (Fsp3) is 0.160. The lowest BCUT2D eigenvalue weighted by Crippen LogP contribution is -2.40. The Balaban J connectivity index is 1.99. The van der Waals surface area contributed by atoms with E-state index in [-0.39, 0.29) is 5.91 Å². The first kappa shape index (κ1) is 16.8. The minimum atomic E-state index is -0.849. The summed E-state index contributed by atoms with van der Waals surface area (Å²) >= 11 is 0. The van der Waals surface area contributed by atoms with Gasteiger partial charge in [-0.2, -0.15) is 0 Å². The van der Waals surface area contributed by atoms with Crippen LogP contribution in [0.1, 0.15) is 22.3 Å². The Labute approximate surface area is 164 Å². The quantitative estimate of drug-likeness (QED) is 0.500. The zero-order valence-corrected chi connectivity index (χ0v) is 16.3. The number of amides is 1. The van der Waals surface area contributed by atoms with Gasteiger partial charge in [0.15, 0.2) is 0 Å². The minimum Gasteiger partial charge on any atom is -0.350 e. The van der Waals surface area contributed by atoms with E-state index in [1.807, 2.05) is 43.4 Å².